The molecule has 0 spiro atoms. The summed E-state index contributed by atoms with van der Waals surface area (Å²) in [6.07, 6.45) is 0. The topological polar surface area (TPSA) is 95.6 Å². The number of hydrogen-bond acceptors (Lipinski definition) is 6. The van der Waals surface area contributed by atoms with Gasteiger partial charge < -0.3 is 4.74 Å². The van der Waals surface area contributed by atoms with Crippen molar-refractivity contribution in [3.05, 3.63) is 52.8 Å². The zero-order valence-corrected chi connectivity index (χ0v) is 16.6. The van der Waals surface area contributed by atoms with Crippen LogP contribution < -0.4 is 0 Å². The van der Waals surface area contributed by atoms with Crippen molar-refractivity contribution in [3.63, 3.8) is 0 Å². The van der Waals surface area contributed by atoms with Crippen LogP contribution in [0.3, 0.4) is 0 Å². The summed E-state index contributed by atoms with van der Waals surface area (Å²) >= 11 is 0. The van der Waals surface area contributed by atoms with Crippen LogP contribution in [0.2, 0.25) is 0 Å². The van der Waals surface area contributed by atoms with Gasteiger partial charge in [0.15, 0.2) is 0 Å². The molecule has 2 fully saturated rings. The first kappa shape index (κ1) is 19.3. The maximum atomic E-state index is 12.8. The molecule has 1 aromatic carbocycles. The number of fused-ring (bicyclic) bond motifs is 1. The Morgan fingerprint density at radius 3 is 2.41 bits per heavy atom. The lowest BCUT2D eigenvalue weighted by molar-refractivity contribution is -0.141. The Hall–Kier alpha value is -3.00. The molecule has 2 saturated heterocycles. The zero-order valence-electron chi connectivity index (χ0n) is 16.6. The molecule has 4 rings (SSSR count). The number of benzene rings is 1. The van der Waals surface area contributed by atoms with E-state index < -0.39 is 5.97 Å². The predicted octanol–water partition coefficient (Wildman–Crippen LogP) is 1.51. The van der Waals surface area contributed by atoms with Gasteiger partial charge in [0.1, 0.15) is 5.56 Å². The lowest BCUT2D eigenvalue weighted by atomic mass is 10.00. The van der Waals surface area contributed by atoms with Crippen molar-refractivity contribution in [2.45, 2.75) is 26.9 Å². The number of H-pyrrole nitrogens is 1. The molecule has 2 aliphatic heterocycles. The van der Waals surface area contributed by atoms with E-state index in [1.807, 2.05) is 35.2 Å². The number of aromatic nitrogens is 2. The minimum absolute atomic E-state index is 0.116. The van der Waals surface area contributed by atoms with Crippen LogP contribution in [0.15, 0.2) is 30.3 Å². The zero-order chi connectivity index (χ0) is 20.5. The Kier molecular flexibility index (Phi) is 5.19. The highest BCUT2D eigenvalue weighted by atomic mass is 16.5. The van der Waals surface area contributed by atoms with Crippen LogP contribution in [-0.2, 0) is 27.4 Å². The number of nitrogens with zero attached hydrogens (tertiary/aromatic N) is 3. The van der Waals surface area contributed by atoms with E-state index in [1.165, 1.54) is 4.90 Å². The SMILES string of the molecule is CCOC(=O)c1c(CN2C[C@@H]3C(=O)N(Cc4ccccc4)C(=O)[C@@H]3C2)n[nH]c1C. The van der Waals surface area contributed by atoms with Crippen molar-refractivity contribution < 1.29 is 19.1 Å². The molecule has 152 valence electrons. The van der Waals surface area contributed by atoms with Crippen LogP contribution in [0.5, 0.6) is 0 Å². The van der Waals surface area contributed by atoms with E-state index in [0.717, 1.165) is 5.56 Å². The Balaban J connectivity index is 1.44. The quantitative estimate of drug-likeness (QED) is 0.587. The molecule has 29 heavy (non-hydrogen) atoms. The fourth-order valence-corrected chi connectivity index (χ4v) is 4.23. The van der Waals surface area contributed by atoms with Crippen molar-refractivity contribution in [3.8, 4) is 0 Å². The molecule has 2 aromatic rings. The number of hydrogen-bond donors (Lipinski definition) is 1. The van der Waals surface area contributed by atoms with Gasteiger partial charge in [0, 0.05) is 25.3 Å². The van der Waals surface area contributed by atoms with E-state index in [0.29, 0.717) is 43.1 Å². The van der Waals surface area contributed by atoms with E-state index in [1.54, 1.807) is 13.8 Å². The molecule has 2 amide bonds. The number of imide groups is 1. The predicted molar refractivity (Wildman–Crippen MR) is 104 cm³/mol. The number of ether oxygens (including phenoxy) is 1. The van der Waals surface area contributed by atoms with Crippen molar-refractivity contribution >= 4 is 17.8 Å². The van der Waals surface area contributed by atoms with E-state index >= 15 is 0 Å². The Labute approximate surface area is 168 Å². The molecule has 2 atom stereocenters. The summed E-state index contributed by atoms with van der Waals surface area (Å²) in [6.45, 7) is 5.49. The standard InChI is InChI=1S/C21H24N4O4/c1-3-29-21(28)18-13(2)22-23-17(18)12-24-10-15-16(11-24)20(27)25(19(15)26)9-14-7-5-4-6-8-14/h4-8,15-16H,3,9-12H2,1-2H3,(H,22,23)/t15-,16+. The van der Waals surface area contributed by atoms with Gasteiger partial charge in [0.05, 0.1) is 30.7 Å². The first-order chi connectivity index (χ1) is 14.0. The number of aryl methyl sites for hydroxylation is 1. The number of carbonyl (C=O) groups is 3. The second-order valence-electron chi connectivity index (χ2n) is 7.55. The second-order valence-corrected chi connectivity index (χ2v) is 7.55. The number of amides is 2. The Morgan fingerprint density at radius 2 is 1.79 bits per heavy atom. The van der Waals surface area contributed by atoms with Crippen LogP contribution in [0, 0.1) is 18.8 Å². The molecule has 8 heteroatoms. The van der Waals surface area contributed by atoms with Crippen LogP contribution in [0.4, 0.5) is 0 Å². The Bertz CT molecular complexity index is 915. The summed E-state index contributed by atoms with van der Waals surface area (Å²) < 4.78 is 5.12. The minimum Gasteiger partial charge on any atom is -0.462 e. The average molecular weight is 396 g/mol. The van der Waals surface area contributed by atoms with Gasteiger partial charge in [-0.15, -0.1) is 0 Å². The third-order valence-electron chi connectivity index (χ3n) is 5.62. The highest BCUT2D eigenvalue weighted by molar-refractivity contribution is 6.05. The van der Waals surface area contributed by atoms with Crippen LogP contribution in [0.1, 0.15) is 34.2 Å². The van der Waals surface area contributed by atoms with Gasteiger partial charge in [-0.25, -0.2) is 4.79 Å². The summed E-state index contributed by atoms with van der Waals surface area (Å²) in [5.74, 6) is -1.31. The number of carbonyl (C=O) groups excluding carboxylic acids is 3. The summed E-state index contributed by atoms with van der Waals surface area (Å²) in [7, 11) is 0. The number of nitrogens with one attached hydrogen (secondary N) is 1. The lowest BCUT2D eigenvalue weighted by Gasteiger charge is -2.20. The number of aromatic amines is 1. The molecule has 0 saturated carbocycles. The monoisotopic (exact) mass is 396 g/mol. The molecule has 0 aliphatic carbocycles. The van der Waals surface area contributed by atoms with E-state index in [2.05, 4.69) is 10.2 Å². The van der Waals surface area contributed by atoms with Gasteiger partial charge in [-0.3, -0.25) is 24.5 Å². The van der Waals surface area contributed by atoms with Gasteiger partial charge in [-0.1, -0.05) is 30.3 Å². The average Bonchev–Trinajstić information content (AvgIpc) is 3.35. The highest BCUT2D eigenvalue weighted by Crippen LogP contribution is 2.35. The van der Waals surface area contributed by atoms with Gasteiger partial charge in [-0.2, -0.15) is 5.10 Å². The molecule has 0 radical (unpaired) electrons. The maximum absolute atomic E-state index is 12.8. The molecule has 1 N–H and O–H groups in total. The summed E-state index contributed by atoms with van der Waals surface area (Å²) in [5, 5.41) is 7.07. The summed E-state index contributed by atoms with van der Waals surface area (Å²) in [6, 6.07) is 9.53. The minimum atomic E-state index is -0.408. The smallest absolute Gasteiger partial charge is 0.341 e. The van der Waals surface area contributed by atoms with Crippen LogP contribution >= 0.6 is 0 Å². The molecule has 3 heterocycles. The third-order valence-corrected chi connectivity index (χ3v) is 5.62. The van der Waals surface area contributed by atoms with Crippen molar-refractivity contribution in [1.82, 2.24) is 20.0 Å². The molecule has 8 nitrogen and oxygen atoms in total. The number of esters is 1. The van der Waals surface area contributed by atoms with E-state index in [9.17, 15) is 14.4 Å². The Morgan fingerprint density at radius 1 is 1.14 bits per heavy atom. The van der Waals surface area contributed by atoms with E-state index in [4.69, 9.17) is 4.74 Å². The van der Waals surface area contributed by atoms with Crippen molar-refractivity contribution in [1.29, 1.82) is 0 Å². The number of likely N-dealkylation sites (tertiary alicyclic amines) is 2. The van der Waals surface area contributed by atoms with Crippen molar-refractivity contribution in [2.24, 2.45) is 11.8 Å². The fraction of sp³-hybridized carbons (Fsp3) is 0.429. The lowest BCUT2D eigenvalue weighted by Crippen LogP contribution is -2.35. The normalized spacial score (nSPS) is 21.7. The maximum Gasteiger partial charge on any atom is 0.341 e. The summed E-state index contributed by atoms with van der Waals surface area (Å²) in [5.41, 5.74) is 2.62. The van der Waals surface area contributed by atoms with Crippen LogP contribution in [-0.4, -0.2) is 57.5 Å². The fourth-order valence-electron chi connectivity index (χ4n) is 4.23. The highest BCUT2D eigenvalue weighted by Gasteiger charge is 2.52. The van der Waals surface area contributed by atoms with Gasteiger partial charge in [-0.05, 0) is 19.4 Å². The number of rotatable bonds is 6. The van der Waals surface area contributed by atoms with Crippen molar-refractivity contribution in [2.75, 3.05) is 19.7 Å². The van der Waals surface area contributed by atoms with Gasteiger partial charge >= 0.3 is 5.97 Å². The first-order valence-electron chi connectivity index (χ1n) is 9.82. The van der Waals surface area contributed by atoms with Crippen LogP contribution in [0.25, 0.3) is 0 Å². The molecular weight excluding hydrogens is 372 g/mol. The first-order valence-corrected chi connectivity index (χ1v) is 9.82. The molecular formula is C21H24N4O4. The van der Waals surface area contributed by atoms with Gasteiger partial charge in [0.2, 0.25) is 11.8 Å². The van der Waals surface area contributed by atoms with E-state index in [-0.39, 0.29) is 30.3 Å². The second kappa shape index (κ2) is 7.79. The summed E-state index contributed by atoms with van der Waals surface area (Å²) in [4.78, 5) is 41.3. The van der Waals surface area contributed by atoms with Gasteiger partial charge in [0.25, 0.3) is 0 Å². The third kappa shape index (κ3) is 3.55. The molecule has 0 unspecified atom stereocenters. The molecule has 2 aliphatic rings. The molecule has 1 aromatic heterocycles. The largest absolute Gasteiger partial charge is 0.462 e. The molecule has 0 bridgehead atoms.